The molecule has 3 atom stereocenters. The van der Waals surface area contributed by atoms with Crippen LogP contribution in [0.25, 0.3) is 0 Å². The molecule has 2 heterocycles. The van der Waals surface area contributed by atoms with Gasteiger partial charge in [-0.1, -0.05) is 23.7 Å². The Morgan fingerprint density at radius 3 is 2.89 bits per heavy atom. The number of benzene rings is 1. The van der Waals surface area contributed by atoms with E-state index in [0.717, 1.165) is 11.1 Å². The van der Waals surface area contributed by atoms with Crippen LogP contribution in [0.2, 0.25) is 5.02 Å². The van der Waals surface area contributed by atoms with Crippen molar-refractivity contribution in [2.75, 3.05) is 11.9 Å². The lowest BCUT2D eigenvalue weighted by molar-refractivity contribution is 0.101. The van der Waals surface area contributed by atoms with E-state index in [0.29, 0.717) is 17.2 Å². The van der Waals surface area contributed by atoms with Gasteiger partial charge in [-0.2, -0.15) is 8.42 Å². The average molecular weight is 523 g/mol. The number of hydrogen-bond donors (Lipinski definition) is 2. The molecule has 2 aromatic heterocycles. The van der Waals surface area contributed by atoms with Gasteiger partial charge in [0.1, 0.15) is 24.1 Å². The molecule has 1 saturated carbocycles. The van der Waals surface area contributed by atoms with Crippen LogP contribution in [-0.4, -0.2) is 43.0 Å². The first-order chi connectivity index (χ1) is 16.6. The van der Waals surface area contributed by atoms with E-state index in [1.54, 1.807) is 19.1 Å². The van der Waals surface area contributed by atoms with Crippen LogP contribution in [-0.2, 0) is 20.9 Å². The maximum absolute atomic E-state index is 14.6. The molecule has 4 rings (SSSR count). The summed E-state index contributed by atoms with van der Waals surface area (Å²) in [6.07, 6.45) is 2.20. The monoisotopic (exact) mass is 522 g/mol. The normalized spacial score (nSPS) is 20.2. The maximum atomic E-state index is 14.6. The van der Waals surface area contributed by atoms with Gasteiger partial charge in [-0.25, -0.2) is 19.5 Å². The first-order valence-corrected chi connectivity index (χ1v) is 12.7. The van der Waals surface area contributed by atoms with Gasteiger partial charge in [0, 0.05) is 17.6 Å². The molecule has 1 aliphatic carbocycles. The number of alkyl halides is 1. The number of ketones is 1. The summed E-state index contributed by atoms with van der Waals surface area (Å²) in [4.78, 5) is 21.3. The minimum Gasteiger partial charge on any atom is -0.458 e. The Labute approximate surface area is 207 Å². The Morgan fingerprint density at radius 1 is 1.34 bits per heavy atom. The summed E-state index contributed by atoms with van der Waals surface area (Å²) < 4.78 is 47.0. The van der Waals surface area contributed by atoms with Gasteiger partial charge < -0.3 is 9.73 Å². The summed E-state index contributed by atoms with van der Waals surface area (Å²) in [7, 11) is -4.10. The van der Waals surface area contributed by atoms with Crippen molar-refractivity contribution < 1.29 is 26.2 Å². The molecule has 3 N–H and O–H groups in total. The Morgan fingerprint density at radius 2 is 2.14 bits per heavy atom. The molecular formula is C23H24ClFN4O5S. The lowest BCUT2D eigenvalue weighted by atomic mass is 10.0. The van der Waals surface area contributed by atoms with Gasteiger partial charge in [0.05, 0.1) is 18.2 Å². The van der Waals surface area contributed by atoms with Crippen LogP contribution >= 0.6 is 11.6 Å². The van der Waals surface area contributed by atoms with E-state index >= 15 is 0 Å². The summed E-state index contributed by atoms with van der Waals surface area (Å²) in [6, 6.07) is 8.40. The predicted molar refractivity (Wildman–Crippen MR) is 127 cm³/mol. The van der Waals surface area contributed by atoms with E-state index in [2.05, 4.69) is 19.5 Å². The van der Waals surface area contributed by atoms with Gasteiger partial charge in [0.2, 0.25) is 5.78 Å². The van der Waals surface area contributed by atoms with Crippen molar-refractivity contribution in [2.45, 2.75) is 38.4 Å². The topological polar surface area (TPSA) is 137 Å². The molecule has 0 amide bonds. The van der Waals surface area contributed by atoms with Crippen LogP contribution in [0.15, 0.2) is 47.3 Å². The molecule has 186 valence electrons. The number of carbonyl (C=O) groups is 1. The molecule has 0 bridgehead atoms. The number of nitrogens with zero attached hydrogens (tertiary/aromatic N) is 2. The third kappa shape index (κ3) is 6.43. The van der Waals surface area contributed by atoms with Crippen LogP contribution in [0.1, 0.15) is 45.8 Å². The quantitative estimate of drug-likeness (QED) is 0.406. The van der Waals surface area contributed by atoms with Crippen molar-refractivity contribution in [3.8, 4) is 0 Å². The molecular weight excluding hydrogens is 499 g/mol. The number of aromatic nitrogens is 2. The minimum atomic E-state index is -4.10. The number of halogens is 2. The zero-order chi connectivity index (χ0) is 25.2. The van der Waals surface area contributed by atoms with Crippen molar-refractivity contribution in [1.82, 2.24) is 9.97 Å². The van der Waals surface area contributed by atoms with Crippen molar-refractivity contribution in [2.24, 2.45) is 11.1 Å². The van der Waals surface area contributed by atoms with Crippen LogP contribution in [0.5, 0.6) is 0 Å². The highest BCUT2D eigenvalue weighted by Crippen LogP contribution is 2.32. The van der Waals surface area contributed by atoms with E-state index in [9.17, 15) is 17.6 Å². The Hall–Kier alpha value is -2.86. The smallest absolute Gasteiger partial charge is 0.333 e. The molecule has 0 spiro atoms. The zero-order valence-electron chi connectivity index (χ0n) is 18.8. The number of hydrogen-bond acceptors (Lipinski definition) is 8. The van der Waals surface area contributed by atoms with Gasteiger partial charge >= 0.3 is 10.3 Å². The zero-order valence-corrected chi connectivity index (χ0v) is 20.4. The first-order valence-electron chi connectivity index (χ1n) is 10.8. The SMILES string of the molecule is Cc1oc(C(=O)c2cncnc2NC2C[C@H](COS(N)(=O)=O)C[C@@H]2F)cc1Cc1cccc(Cl)c1. The Bertz CT molecular complexity index is 1330. The molecule has 1 fully saturated rings. The number of rotatable bonds is 9. The maximum Gasteiger partial charge on any atom is 0.333 e. The van der Waals surface area contributed by atoms with E-state index < -0.39 is 28.3 Å². The van der Waals surface area contributed by atoms with Crippen LogP contribution < -0.4 is 10.5 Å². The molecule has 3 aromatic rings. The molecule has 0 radical (unpaired) electrons. The van der Waals surface area contributed by atoms with Crippen molar-refractivity contribution in [3.05, 3.63) is 76.1 Å². The summed E-state index contributed by atoms with van der Waals surface area (Å²) >= 11 is 6.07. The van der Waals surface area contributed by atoms with Crippen molar-refractivity contribution >= 4 is 33.5 Å². The van der Waals surface area contributed by atoms with Crippen molar-refractivity contribution in [3.63, 3.8) is 0 Å². The molecule has 12 heteroatoms. The minimum absolute atomic E-state index is 0.0891. The molecule has 9 nitrogen and oxygen atoms in total. The lowest BCUT2D eigenvalue weighted by Crippen LogP contribution is -2.27. The predicted octanol–water partition coefficient (Wildman–Crippen LogP) is 3.60. The number of anilines is 1. The number of aryl methyl sites for hydroxylation is 1. The number of furan rings is 1. The molecule has 1 aliphatic rings. The summed E-state index contributed by atoms with van der Waals surface area (Å²) in [6.45, 7) is 1.56. The van der Waals surface area contributed by atoms with E-state index in [4.69, 9.17) is 21.2 Å². The fourth-order valence-electron chi connectivity index (χ4n) is 4.16. The highest BCUT2D eigenvalue weighted by atomic mass is 35.5. The van der Waals surface area contributed by atoms with E-state index in [-0.39, 0.29) is 42.5 Å². The highest BCUT2D eigenvalue weighted by molar-refractivity contribution is 7.84. The second kappa shape index (κ2) is 10.4. The fraction of sp³-hybridized carbons (Fsp3) is 0.348. The Kier molecular flexibility index (Phi) is 7.50. The van der Waals surface area contributed by atoms with Gasteiger partial charge in [-0.3, -0.25) is 8.98 Å². The first kappa shape index (κ1) is 25.2. The molecule has 0 aliphatic heterocycles. The second-order valence-corrected chi connectivity index (χ2v) is 10.2. The summed E-state index contributed by atoms with van der Waals surface area (Å²) in [5.74, 6) is 0.0628. The summed E-state index contributed by atoms with van der Waals surface area (Å²) in [5, 5.41) is 8.43. The molecule has 1 unspecified atom stereocenters. The number of carbonyl (C=O) groups excluding carboxylic acids is 1. The number of nitrogens with one attached hydrogen (secondary N) is 1. The van der Waals surface area contributed by atoms with Gasteiger partial charge in [0.25, 0.3) is 0 Å². The molecule has 35 heavy (non-hydrogen) atoms. The van der Waals surface area contributed by atoms with E-state index in [1.165, 1.54) is 12.5 Å². The third-order valence-electron chi connectivity index (χ3n) is 5.86. The van der Waals surface area contributed by atoms with Gasteiger partial charge in [-0.05, 0) is 55.0 Å². The third-order valence-corrected chi connectivity index (χ3v) is 6.56. The van der Waals surface area contributed by atoms with Crippen LogP contribution in [0.3, 0.4) is 0 Å². The van der Waals surface area contributed by atoms with Crippen LogP contribution in [0.4, 0.5) is 10.2 Å². The standard InChI is InChI=1S/C23H24ClFN4O5S/c1-13-16(5-14-3-2-4-17(24)6-14)9-21(34-13)22(30)18-10-27-12-28-23(18)29-20-8-15(7-19(20)25)11-33-35(26,31)32/h2-4,6,9-10,12,15,19-20H,5,7-8,11H2,1H3,(H2,26,31,32)(H,27,28,29)/t15-,19+,20?/m1/s1. The largest absolute Gasteiger partial charge is 0.458 e. The lowest BCUT2D eigenvalue weighted by Gasteiger charge is -2.17. The number of nitrogens with two attached hydrogens (primary N) is 1. The second-order valence-electron chi connectivity index (χ2n) is 8.49. The molecule has 1 aromatic carbocycles. The fourth-order valence-corrected chi connectivity index (χ4v) is 4.75. The van der Waals surface area contributed by atoms with Crippen LogP contribution in [0, 0.1) is 12.8 Å². The average Bonchev–Trinajstić information content (AvgIpc) is 3.34. The van der Waals surface area contributed by atoms with E-state index in [1.807, 2.05) is 18.2 Å². The molecule has 0 saturated heterocycles. The Balaban J connectivity index is 1.49. The summed E-state index contributed by atoms with van der Waals surface area (Å²) in [5.41, 5.74) is 1.94. The highest BCUT2D eigenvalue weighted by Gasteiger charge is 2.36. The van der Waals surface area contributed by atoms with Crippen molar-refractivity contribution in [1.29, 1.82) is 0 Å². The van der Waals surface area contributed by atoms with Gasteiger partial charge in [0.15, 0.2) is 5.76 Å². The van der Waals surface area contributed by atoms with Gasteiger partial charge in [-0.15, -0.1) is 0 Å².